The molecule has 0 saturated heterocycles. The predicted octanol–water partition coefficient (Wildman–Crippen LogP) is 0.925. The van der Waals surface area contributed by atoms with Crippen molar-refractivity contribution in [3.05, 3.63) is 29.6 Å². The number of amides is 1. The fraction of sp³-hybridized carbons (Fsp3) is 0.462. The molecule has 1 aromatic carbocycles. The number of hydrogen-bond donors (Lipinski definition) is 3. The summed E-state index contributed by atoms with van der Waals surface area (Å²) in [5, 5.41) is 5.22. The van der Waals surface area contributed by atoms with Gasteiger partial charge in [-0.25, -0.2) is 17.5 Å². The minimum absolute atomic E-state index is 0.0680. The average Bonchev–Trinajstić information content (AvgIpc) is 2.33. The summed E-state index contributed by atoms with van der Waals surface area (Å²) in [6, 6.07) is 4.17. The molecule has 0 aliphatic carbocycles. The van der Waals surface area contributed by atoms with Crippen molar-refractivity contribution in [1.29, 1.82) is 0 Å². The molecule has 1 amide bonds. The van der Waals surface area contributed by atoms with Crippen LogP contribution in [0.3, 0.4) is 0 Å². The molecule has 0 bridgehead atoms. The monoisotopic (exact) mass is 317 g/mol. The van der Waals surface area contributed by atoms with Gasteiger partial charge in [-0.3, -0.25) is 4.79 Å². The van der Waals surface area contributed by atoms with E-state index >= 15 is 0 Å². The summed E-state index contributed by atoms with van der Waals surface area (Å²) >= 11 is 0. The quantitative estimate of drug-likeness (QED) is 0.728. The van der Waals surface area contributed by atoms with Crippen LogP contribution in [0.4, 0.5) is 10.1 Å². The van der Waals surface area contributed by atoms with Crippen LogP contribution in [0.15, 0.2) is 18.2 Å². The van der Waals surface area contributed by atoms with Crippen molar-refractivity contribution in [2.75, 3.05) is 25.2 Å². The molecule has 1 rings (SSSR count). The zero-order chi connectivity index (χ0) is 16.3. The van der Waals surface area contributed by atoms with Crippen molar-refractivity contribution in [3.63, 3.8) is 0 Å². The van der Waals surface area contributed by atoms with Gasteiger partial charge < -0.3 is 10.6 Å². The van der Waals surface area contributed by atoms with Gasteiger partial charge in [0, 0.05) is 19.1 Å². The number of rotatable bonds is 6. The molecule has 0 aliphatic rings. The van der Waals surface area contributed by atoms with E-state index < -0.39 is 27.3 Å². The first-order valence-electron chi connectivity index (χ1n) is 6.29. The smallest absolute Gasteiger partial charge is 0.253 e. The lowest BCUT2D eigenvalue weighted by atomic mass is 10.1. The number of carbonyl (C=O) groups is 1. The number of nitrogens with one attached hydrogen (secondary N) is 3. The molecule has 0 fully saturated rings. The Balaban J connectivity index is 2.81. The molecule has 0 radical (unpaired) electrons. The van der Waals surface area contributed by atoms with Gasteiger partial charge in [0.2, 0.25) is 10.0 Å². The van der Waals surface area contributed by atoms with Crippen molar-refractivity contribution >= 4 is 21.6 Å². The summed E-state index contributed by atoms with van der Waals surface area (Å²) in [6.45, 7) is 3.34. The fourth-order valence-corrected chi connectivity index (χ4v) is 2.98. The van der Waals surface area contributed by atoms with Crippen LogP contribution in [0, 0.1) is 5.82 Å². The normalized spacial score (nSPS) is 12.0. The maximum atomic E-state index is 13.6. The Morgan fingerprint density at radius 3 is 2.48 bits per heavy atom. The summed E-state index contributed by atoms with van der Waals surface area (Å²) in [5.74, 6) is -1.01. The summed E-state index contributed by atoms with van der Waals surface area (Å²) in [4.78, 5) is 12.1. The second-order valence-corrected chi connectivity index (χ2v) is 7.10. The van der Waals surface area contributed by atoms with E-state index in [4.69, 9.17) is 0 Å². The maximum Gasteiger partial charge on any atom is 0.253 e. The van der Waals surface area contributed by atoms with Gasteiger partial charge in [-0.1, -0.05) is 6.07 Å². The molecule has 0 saturated carbocycles. The van der Waals surface area contributed by atoms with Crippen molar-refractivity contribution in [3.8, 4) is 0 Å². The Kier molecular flexibility index (Phi) is 5.30. The molecule has 0 spiro atoms. The van der Waals surface area contributed by atoms with E-state index in [1.165, 1.54) is 25.2 Å². The fourth-order valence-electron chi connectivity index (χ4n) is 1.90. The first kappa shape index (κ1) is 17.4. The molecular weight excluding hydrogens is 297 g/mol. The van der Waals surface area contributed by atoms with Crippen molar-refractivity contribution in [1.82, 2.24) is 10.0 Å². The Labute approximate surface area is 124 Å². The van der Waals surface area contributed by atoms with Gasteiger partial charge in [0.15, 0.2) is 0 Å². The van der Waals surface area contributed by atoms with Gasteiger partial charge in [-0.2, -0.15) is 0 Å². The number of halogens is 1. The highest BCUT2D eigenvalue weighted by Gasteiger charge is 2.23. The van der Waals surface area contributed by atoms with Gasteiger partial charge in [0.05, 0.1) is 17.5 Å². The third kappa shape index (κ3) is 5.31. The number of benzene rings is 1. The van der Waals surface area contributed by atoms with Crippen molar-refractivity contribution < 1.29 is 17.6 Å². The van der Waals surface area contributed by atoms with E-state index in [1.807, 2.05) is 0 Å². The summed E-state index contributed by atoms with van der Waals surface area (Å²) in [7, 11) is -1.87. The van der Waals surface area contributed by atoms with E-state index in [1.54, 1.807) is 13.8 Å². The average molecular weight is 317 g/mol. The molecule has 0 aromatic heterocycles. The van der Waals surface area contributed by atoms with E-state index in [9.17, 15) is 17.6 Å². The predicted molar refractivity (Wildman–Crippen MR) is 80.3 cm³/mol. The molecule has 6 nitrogen and oxygen atoms in total. The van der Waals surface area contributed by atoms with E-state index in [-0.39, 0.29) is 17.8 Å². The van der Waals surface area contributed by atoms with Crippen LogP contribution in [-0.2, 0) is 10.0 Å². The van der Waals surface area contributed by atoms with Crippen molar-refractivity contribution in [2.45, 2.75) is 19.4 Å². The van der Waals surface area contributed by atoms with Crippen LogP contribution >= 0.6 is 0 Å². The summed E-state index contributed by atoms with van der Waals surface area (Å²) in [5.41, 5.74) is -0.590. The van der Waals surface area contributed by atoms with Crippen LogP contribution in [0.2, 0.25) is 0 Å². The maximum absolute atomic E-state index is 13.6. The number of hydrogen-bond acceptors (Lipinski definition) is 4. The van der Waals surface area contributed by atoms with Gasteiger partial charge >= 0.3 is 0 Å². The summed E-state index contributed by atoms with van der Waals surface area (Å²) in [6.07, 6.45) is 1.04. The molecule has 118 valence electrons. The molecule has 0 unspecified atom stereocenters. The summed E-state index contributed by atoms with van der Waals surface area (Å²) < 4.78 is 38.4. The highest BCUT2D eigenvalue weighted by Crippen LogP contribution is 2.19. The second kappa shape index (κ2) is 6.40. The zero-order valence-electron chi connectivity index (χ0n) is 12.5. The van der Waals surface area contributed by atoms with Gasteiger partial charge in [-0.05, 0) is 26.0 Å². The Hall–Kier alpha value is -1.67. The molecular formula is C13H20FN3O3S. The minimum atomic E-state index is -3.39. The lowest BCUT2D eigenvalue weighted by Crippen LogP contribution is -2.51. The molecule has 0 heterocycles. The molecule has 1 aromatic rings. The third-order valence-corrected chi connectivity index (χ3v) is 3.58. The number of carbonyl (C=O) groups excluding carboxylic acids is 1. The first-order chi connectivity index (χ1) is 9.56. The molecule has 21 heavy (non-hydrogen) atoms. The van der Waals surface area contributed by atoms with E-state index in [0.29, 0.717) is 0 Å². The van der Waals surface area contributed by atoms with Crippen LogP contribution in [-0.4, -0.2) is 39.7 Å². The van der Waals surface area contributed by atoms with Crippen LogP contribution in [0.5, 0.6) is 0 Å². The van der Waals surface area contributed by atoms with Crippen molar-refractivity contribution in [2.24, 2.45) is 0 Å². The first-order valence-corrected chi connectivity index (χ1v) is 8.18. The largest absolute Gasteiger partial charge is 0.385 e. The highest BCUT2D eigenvalue weighted by molar-refractivity contribution is 7.88. The molecule has 0 atom stereocenters. The van der Waals surface area contributed by atoms with Gasteiger partial charge in [-0.15, -0.1) is 0 Å². The Morgan fingerprint density at radius 2 is 1.95 bits per heavy atom. The van der Waals surface area contributed by atoms with E-state index in [0.717, 1.165) is 6.26 Å². The lowest BCUT2D eigenvalue weighted by Gasteiger charge is -2.25. The molecule has 8 heteroatoms. The zero-order valence-corrected chi connectivity index (χ0v) is 13.3. The number of para-hydroxylation sites is 1. The van der Waals surface area contributed by atoms with Crippen LogP contribution < -0.4 is 15.4 Å². The SMILES string of the molecule is CNc1c(F)cccc1C(=O)NCC(C)(C)NS(C)(=O)=O. The number of anilines is 1. The second-order valence-electron chi connectivity index (χ2n) is 5.35. The minimum Gasteiger partial charge on any atom is -0.385 e. The Morgan fingerprint density at radius 1 is 1.33 bits per heavy atom. The van der Waals surface area contributed by atoms with Gasteiger partial charge in [0.1, 0.15) is 5.82 Å². The topological polar surface area (TPSA) is 87.3 Å². The van der Waals surface area contributed by atoms with Crippen LogP contribution in [0.1, 0.15) is 24.2 Å². The van der Waals surface area contributed by atoms with Crippen LogP contribution in [0.25, 0.3) is 0 Å². The standard InChI is InChI=1S/C13H20FN3O3S/c1-13(2,17-21(4,19)20)8-16-12(18)9-6-5-7-10(14)11(9)15-3/h5-7,15,17H,8H2,1-4H3,(H,16,18). The third-order valence-electron chi connectivity index (χ3n) is 2.66. The molecule has 0 aliphatic heterocycles. The van der Waals surface area contributed by atoms with Gasteiger partial charge in [0.25, 0.3) is 5.91 Å². The Bertz CT molecular complexity index is 630. The number of sulfonamides is 1. The molecule has 3 N–H and O–H groups in total. The van der Waals surface area contributed by atoms with E-state index in [2.05, 4.69) is 15.4 Å². The highest BCUT2D eigenvalue weighted by atomic mass is 32.2. The lowest BCUT2D eigenvalue weighted by molar-refractivity contribution is 0.0945.